The highest BCUT2D eigenvalue weighted by molar-refractivity contribution is 5.97. The molecule has 0 spiro atoms. The fourth-order valence-corrected chi connectivity index (χ4v) is 1.46. The van der Waals surface area contributed by atoms with Crippen LogP contribution in [0.15, 0.2) is 18.2 Å². The molecule has 0 saturated carbocycles. The molecule has 0 fully saturated rings. The number of nitrogens with zero attached hydrogens (tertiary/aromatic N) is 1. The Kier molecular flexibility index (Phi) is 5.04. The van der Waals surface area contributed by atoms with Crippen molar-refractivity contribution in [1.82, 2.24) is 5.32 Å². The van der Waals surface area contributed by atoms with Gasteiger partial charge in [0.1, 0.15) is 5.75 Å². The molecule has 20 heavy (non-hydrogen) atoms. The number of amides is 1. The van der Waals surface area contributed by atoms with Crippen molar-refractivity contribution in [3.8, 4) is 5.75 Å². The second-order valence-corrected chi connectivity index (χ2v) is 5.15. The van der Waals surface area contributed by atoms with Crippen LogP contribution in [0.4, 0.5) is 5.69 Å². The van der Waals surface area contributed by atoms with Gasteiger partial charge in [0.25, 0.3) is 11.6 Å². The molecule has 0 bridgehead atoms. The lowest BCUT2D eigenvalue weighted by atomic mass is 9.95. The second kappa shape index (κ2) is 6.33. The first-order chi connectivity index (χ1) is 9.30. The number of aliphatic hydroxyl groups excluding tert-OH is 1. The molecule has 0 aromatic heterocycles. The minimum absolute atomic E-state index is 0.0840. The normalized spacial score (nSPS) is 11.0. The van der Waals surface area contributed by atoms with Crippen molar-refractivity contribution in [3.63, 3.8) is 0 Å². The van der Waals surface area contributed by atoms with Gasteiger partial charge in [0, 0.05) is 30.7 Å². The van der Waals surface area contributed by atoms with Crippen molar-refractivity contribution in [2.45, 2.75) is 13.8 Å². The number of aliphatic hydroxyl groups is 1. The number of hydrogen-bond donors (Lipinski definition) is 2. The largest absolute Gasteiger partial charge is 0.496 e. The van der Waals surface area contributed by atoms with Crippen molar-refractivity contribution in [3.05, 3.63) is 33.9 Å². The summed E-state index contributed by atoms with van der Waals surface area (Å²) in [4.78, 5) is 22.2. The zero-order chi connectivity index (χ0) is 15.3. The summed E-state index contributed by atoms with van der Waals surface area (Å²) in [5.74, 6) is -0.220. The fourth-order valence-electron chi connectivity index (χ4n) is 1.46. The van der Waals surface area contributed by atoms with Crippen LogP contribution in [-0.2, 0) is 0 Å². The molecule has 0 aliphatic heterocycles. The topological polar surface area (TPSA) is 102 Å². The van der Waals surface area contributed by atoms with Crippen molar-refractivity contribution in [2.75, 3.05) is 20.3 Å². The lowest BCUT2D eigenvalue weighted by molar-refractivity contribution is -0.384. The van der Waals surface area contributed by atoms with Gasteiger partial charge in [-0.05, 0) is 6.07 Å². The number of ether oxygens (including phenoxy) is 1. The third kappa shape index (κ3) is 3.92. The summed E-state index contributed by atoms with van der Waals surface area (Å²) in [7, 11) is 1.38. The highest BCUT2D eigenvalue weighted by Crippen LogP contribution is 2.24. The number of nitro groups is 1. The Balaban J connectivity index is 2.96. The van der Waals surface area contributed by atoms with E-state index in [4.69, 9.17) is 9.84 Å². The van der Waals surface area contributed by atoms with Gasteiger partial charge in [0.15, 0.2) is 0 Å². The fraction of sp³-hybridized carbons (Fsp3) is 0.462. The van der Waals surface area contributed by atoms with E-state index in [1.807, 2.05) is 0 Å². The number of benzene rings is 1. The first-order valence-corrected chi connectivity index (χ1v) is 6.02. The summed E-state index contributed by atoms with van der Waals surface area (Å²) >= 11 is 0. The first kappa shape index (κ1) is 15.9. The third-order valence-electron chi connectivity index (χ3n) is 2.79. The predicted octanol–water partition coefficient (Wildman–Crippen LogP) is 1.35. The van der Waals surface area contributed by atoms with E-state index in [0.717, 1.165) is 0 Å². The van der Waals surface area contributed by atoms with Gasteiger partial charge >= 0.3 is 0 Å². The molecule has 7 nitrogen and oxygen atoms in total. The molecule has 0 saturated heterocycles. The third-order valence-corrected chi connectivity index (χ3v) is 2.79. The van der Waals surface area contributed by atoms with E-state index >= 15 is 0 Å². The van der Waals surface area contributed by atoms with Crippen LogP contribution < -0.4 is 10.1 Å². The van der Waals surface area contributed by atoms with Crippen LogP contribution >= 0.6 is 0 Å². The average molecular weight is 282 g/mol. The van der Waals surface area contributed by atoms with Crippen LogP contribution in [0.5, 0.6) is 5.75 Å². The van der Waals surface area contributed by atoms with Gasteiger partial charge in [-0.3, -0.25) is 14.9 Å². The summed E-state index contributed by atoms with van der Waals surface area (Å²) in [5.41, 5.74) is -0.559. The Hall–Kier alpha value is -2.15. The van der Waals surface area contributed by atoms with E-state index in [1.54, 1.807) is 13.8 Å². The lowest BCUT2D eigenvalue weighted by Gasteiger charge is -2.22. The quantitative estimate of drug-likeness (QED) is 0.605. The standard InChI is InChI=1S/C13H18N2O5/c1-13(2,8-16)7-14-12(17)10-6-9(15(18)19)4-5-11(10)20-3/h4-6,16H,7-8H2,1-3H3,(H,14,17). The van der Waals surface area contributed by atoms with Crippen LogP contribution in [0.2, 0.25) is 0 Å². The molecule has 1 aromatic rings. The van der Waals surface area contributed by atoms with Crippen LogP contribution in [-0.4, -0.2) is 36.2 Å². The molecule has 110 valence electrons. The SMILES string of the molecule is COc1ccc([N+](=O)[O-])cc1C(=O)NCC(C)(C)CO. The van der Waals surface area contributed by atoms with Crippen molar-refractivity contribution >= 4 is 11.6 Å². The molecule has 0 aliphatic carbocycles. The smallest absolute Gasteiger partial charge is 0.270 e. The number of carbonyl (C=O) groups excluding carboxylic acids is 1. The van der Waals surface area contributed by atoms with E-state index < -0.39 is 16.2 Å². The van der Waals surface area contributed by atoms with Crippen molar-refractivity contribution in [1.29, 1.82) is 0 Å². The number of nitrogens with one attached hydrogen (secondary N) is 1. The maximum Gasteiger partial charge on any atom is 0.270 e. The molecule has 2 N–H and O–H groups in total. The summed E-state index contributed by atoms with van der Waals surface area (Å²) in [6.07, 6.45) is 0. The van der Waals surface area contributed by atoms with E-state index in [2.05, 4.69) is 5.32 Å². The number of non-ortho nitro benzene ring substituents is 1. The number of carbonyl (C=O) groups is 1. The minimum atomic E-state index is -0.576. The molecule has 1 aromatic carbocycles. The molecular weight excluding hydrogens is 264 g/mol. The van der Waals surface area contributed by atoms with Gasteiger partial charge in [-0.2, -0.15) is 0 Å². The number of methoxy groups -OCH3 is 1. The Bertz CT molecular complexity index is 513. The molecule has 1 amide bonds. The molecule has 7 heteroatoms. The Morgan fingerprint density at radius 1 is 1.50 bits per heavy atom. The Morgan fingerprint density at radius 2 is 2.15 bits per heavy atom. The van der Waals surface area contributed by atoms with E-state index in [1.165, 1.54) is 25.3 Å². The van der Waals surface area contributed by atoms with Crippen LogP contribution in [0.25, 0.3) is 0 Å². The summed E-state index contributed by atoms with van der Waals surface area (Å²) < 4.78 is 5.03. The minimum Gasteiger partial charge on any atom is -0.496 e. The zero-order valence-electron chi connectivity index (χ0n) is 11.7. The molecule has 0 unspecified atom stereocenters. The van der Waals surface area contributed by atoms with Crippen LogP contribution in [0.1, 0.15) is 24.2 Å². The highest BCUT2D eigenvalue weighted by Gasteiger charge is 2.21. The predicted molar refractivity (Wildman–Crippen MR) is 72.8 cm³/mol. The molecule has 0 aliphatic rings. The van der Waals surface area contributed by atoms with E-state index in [9.17, 15) is 14.9 Å². The van der Waals surface area contributed by atoms with Crippen molar-refractivity contribution < 1.29 is 19.6 Å². The molecule has 0 atom stereocenters. The van der Waals surface area contributed by atoms with Crippen LogP contribution in [0.3, 0.4) is 0 Å². The Labute approximate surface area is 116 Å². The summed E-state index contributed by atoms with van der Waals surface area (Å²) in [5, 5.41) is 22.5. The molecule has 0 radical (unpaired) electrons. The van der Waals surface area contributed by atoms with Gasteiger partial charge in [-0.15, -0.1) is 0 Å². The van der Waals surface area contributed by atoms with Gasteiger partial charge in [-0.25, -0.2) is 0 Å². The van der Waals surface area contributed by atoms with E-state index in [-0.39, 0.29) is 30.2 Å². The van der Waals surface area contributed by atoms with E-state index in [0.29, 0.717) is 0 Å². The van der Waals surface area contributed by atoms with Gasteiger partial charge in [0.05, 0.1) is 17.6 Å². The lowest BCUT2D eigenvalue weighted by Crippen LogP contribution is -2.36. The monoisotopic (exact) mass is 282 g/mol. The number of rotatable bonds is 6. The summed E-state index contributed by atoms with van der Waals surface area (Å²) in [6, 6.07) is 3.82. The van der Waals surface area contributed by atoms with Crippen LogP contribution in [0, 0.1) is 15.5 Å². The number of hydrogen-bond acceptors (Lipinski definition) is 5. The van der Waals surface area contributed by atoms with Crippen molar-refractivity contribution in [2.24, 2.45) is 5.41 Å². The van der Waals surface area contributed by atoms with Gasteiger partial charge < -0.3 is 15.2 Å². The maximum atomic E-state index is 12.1. The first-order valence-electron chi connectivity index (χ1n) is 6.02. The average Bonchev–Trinajstić information content (AvgIpc) is 2.44. The molecule has 0 heterocycles. The molecule has 1 rings (SSSR count). The molecular formula is C13H18N2O5. The number of nitro benzene ring substituents is 1. The summed E-state index contributed by atoms with van der Waals surface area (Å²) in [6.45, 7) is 3.74. The zero-order valence-corrected chi connectivity index (χ0v) is 11.7. The van der Waals surface area contributed by atoms with Gasteiger partial charge in [-0.1, -0.05) is 13.8 Å². The second-order valence-electron chi connectivity index (χ2n) is 5.15. The maximum absolute atomic E-state index is 12.1. The Morgan fingerprint density at radius 3 is 2.65 bits per heavy atom. The highest BCUT2D eigenvalue weighted by atomic mass is 16.6. The van der Waals surface area contributed by atoms with Gasteiger partial charge in [0.2, 0.25) is 0 Å².